The third kappa shape index (κ3) is 3.42. The van der Waals surface area contributed by atoms with Crippen molar-refractivity contribution in [2.45, 2.75) is 6.54 Å². The second-order valence-electron chi connectivity index (χ2n) is 3.58. The first-order chi connectivity index (χ1) is 8.28. The van der Waals surface area contributed by atoms with Gasteiger partial charge in [0.15, 0.2) is 0 Å². The van der Waals surface area contributed by atoms with E-state index in [1.54, 1.807) is 6.20 Å². The van der Waals surface area contributed by atoms with E-state index in [1.165, 1.54) is 0 Å². The van der Waals surface area contributed by atoms with Crippen LogP contribution in [0.25, 0.3) is 0 Å². The Hall–Kier alpha value is -1.62. The highest BCUT2D eigenvalue weighted by Gasteiger charge is 2.00. The molecule has 0 atom stereocenters. The molecule has 0 saturated carbocycles. The third-order valence-electron chi connectivity index (χ3n) is 2.26. The minimum absolute atomic E-state index is 0.0511. The van der Waals surface area contributed by atoms with E-state index in [0.29, 0.717) is 5.33 Å². The van der Waals surface area contributed by atoms with Crippen molar-refractivity contribution in [3.8, 4) is 0 Å². The topological polar surface area (TPSA) is 46.9 Å². The summed E-state index contributed by atoms with van der Waals surface area (Å²) in [6, 6.07) is 9.63. The molecule has 2 rings (SSSR count). The molecule has 1 heterocycles. The Balaban J connectivity index is 2.00. The maximum atomic E-state index is 11.2. The third-order valence-corrected chi connectivity index (χ3v) is 2.77. The number of hydrogen-bond acceptors (Lipinski definition) is 2. The van der Waals surface area contributed by atoms with E-state index < -0.39 is 0 Å². The smallest absolute Gasteiger partial charge is 0.235 e. The van der Waals surface area contributed by atoms with Crippen LogP contribution in [0.2, 0.25) is 0 Å². The van der Waals surface area contributed by atoms with Crippen molar-refractivity contribution < 1.29 is 4.79 Å². The van der Waals surface area contributed by atoms with Crippen LogP contribution >= 0.6 is 15.9 Å². The molecular formula is C12H12BrN3O. The van der Waals surface area contributed by atoms with E-state index in [-0.39, 0.29) is 5.91 Å². The fourth-order valence-corrected chi connectivity index (χ4v) is 1.61. The predicted octanol–water partition coefficient (Wildman–Crippen LogP) is 2.26. The molecule has 0 unspecified atom stereocenters. The number of nitrogens with one attached hydrogen (secondary N) is 1. The molecule has 4 nitrogen and oxygen atoms in total. The predicted molar refractivity (Wildman–Crippen MR) is 70.2 cm³/mol. The number of anilines is 1. The molecule has 0 bridgehead atoms. The van der Waals surface area contributed by atoms with Gasteiger partial charge >= 0.3 is 0 Å². The van der Waals surface area contributed by atoms with Crippen LogP contribution in [0, 0.1) is 0 Å². The number of carbonyl (C=O) groups is 1. The van der Waals surface area contributed by atoms with Crippen LogP contribution in [-0.2, 0) is 11.3 Å². The monoisotopic (exact) mass is 293 g/mol. The van der Waals surface area contributed by atoms with Crippen LogP contribution in [0.1, 0.15) is 5.56 Å². The fourth-order valence-electron chi connectivity index (χ4n) is 1.47. The van der Waals surface area contributed by atoms with Crippen molar-refractivity contribution in [3.05, 3.63) is 48.3 Å². The molecule has 0 aliphatic rings. The number of benzene rings is 1. The number of rotatable bonds is 4. The van der Waals surface area contributed by atoms with Gasteiger partial charge in [0.1, 0.15) is 0 Å². The lowest BCUT2D eigenvalue weighted by molar-refractivity contribution is -0.113. The van der Waals surface area contributed by atoms with Crippen molar-refractivity contribution in [2.75, 3.05) is 10.6 Å². The van der Waals surface area contributed by atoms with E-state index in [9.17, 15) is 4.79 Å². The lowest BCUT2D eigenvalue weighted by atomic mass is 10.2. The lowest BCUT2D eigenvalue weighted by Gasteiger charge is -2.05. The Kier molecular flexibility index (Phi) is 3.93. The average molecular weight is 294 g/mol. The molecule has 17 heavy (non-hydrogen) atoms. The van der Waals surface area contributed by atoms with Crippen LogP contribution in [0.15, 0.2) is 42.7 Å². The molecule has 1 N–H and O–H groups in total. The highest BCUT2D eigenvalue weighted by atomic mass is 79.9. The Labute approximate surface area is 108 Å². The van der Waals surface area contributed by atoms with E-state index in [2.05, 4.69) is 26.3 Å². The molecule has 5 heteroatoms. The van der Waals surface area contributed by atoms with Crippen LogP contribution in [0.4, 0.5) is 5.69 Å². The lowest BCUT2D eigenvalue weighted by Crippen LogP contribution is -2.12. The van der Waals surface area contributed by atoms with Gasteiger partial charge in [0.25, 0.3) is 0 Å². The van der Waals surface area contributed by atoms with Crippen molar-refractivity contribution in [1.82, 2.24) is 9.78 Å². The van der Waals surface area contributed by atoms with E-state index >= 15 is 0 Å². The number of hydrogen-bond donors (Lipinski definition) is 1. The Morgan fingerprint density at radius 2 is 2.12 bits per heavy atom. The van der Waals surface area contributed by atoms with Gasteiger partial charge in [-0.2, -0.15) is 5.10 Å². The molecule has 1 aromatic heterocycles. The summed E-state index contributed by atoms with van der Waals surface area (Å²) in [5.41, 5.74) is 1.95. The number of aromatic nitrogens is 2. The minimum atomic E-state index is -0.0511. The molecule has 0 saturated heterocycles. The number of amides is 1. The van der Waals surface area contributed by atoms with Gasteiger partial charge in [-0.3, -0.25) is 9.48 Å². The first kappa shape index (κ1) is 11.9. The molecule has 2 aromatic rings. The normalized spacial score (nSPS) is 10.2. The average Bonchev–Trinajstić information content (AvgIpc) is 2.84. The molecule has 0 radical (unpaired) electrons. The van der Waals surface area contributed by atoms with Crippen LogP contribution in [0.3, 0.4) is 0 Å². The summed E-state index contributed by atoms with van der Waals surface area (Å²) < 4.78 is 1.85. The second-order valence-corrected chi connectivity index (χ2v) is 4.14. The molecule has 0 spiro atoms. The van der Waals surface area contributed by atoms with Gasteiger partial charge in [0.05, 0.1) is 11.9 Å². The summed E-state index contributed by atoms with van der Waals surface area (Å²) in [5.74, 6) is -0.0511. The van der Waals surface area contributed by atoms with Gasteiger partial charge in [-0.05, 0) is 23.8 Å². The number of carbonyl (C=O) groups excluding carboxylic acids is 1. The maximum Gasteiger partial charge on any atom is 0.235 e. The van der Waals surface area contributed by atoms with E-state index in [4.69, 9.17) is 0 Å². The van der Waals surface area contributed by atoms with Crippen LogP contribution < -0.4 is 5.32 Å². The summed E-state index contributed by atoms with van der Waals surface area (Å²) in [6.07, 6.45) is 3.67. The number of nitrogens with zero attached hydrogens (tertiary/aromatic N) is 2. The van der Waals surface area contributed by atoms with Gasteiger partial charge < -0.3 is 5.32 Å². The SMILES string of the molecule is O=C(CBr)Nc1ccc(Cn2cccn2)cc1. The van der Waals surface area contributed by atoms with Crippen molar-refractivity contribution in [3.63, 3.8) is 0 Å². The van der Waals surface area contributed by atoms with Crippen LogP contribution in [-0.4, -0.2) is 21.0 Å². The van der Waals surface area contributed by atoms with Gasteiger partial charge in [-0.15, -0.1) is 0 Å². The highest BCUT2D eigenvalue weighted by molar-refractivity contribution is 9.09. The Morgan fingerprint density at radius 3 is 2.71 bits per heavy atom. The van der Waals surface area contributed by atoms with Gasteiger partial charge in [0.2, 0.25) is 5.91 Å². The number of halogens is 1. The first-order valence-corrected chi connectivity index (χ1v) is 6.32. The van der Waals surface area contributed by atoms with Crippen molar-refractivity contribution >= 4 is 27.5 Å². The zero-order valence-electron chi connectivity index (χ0n) is 9.14. The fraction of sp³-hybridized carbons (Fsp3) is 0.167. The summed E-state index contributed by atoms with van der Waals surface area (Å²) >= 11 is 3.10. The largest absolute Gasteiger partial charge is 0.325 e. The molecule has 0 aliphatic carbocycles. The number of alkyl halides is 1. The summed E-state index contributed by atoms with van der Waals surface area (Å²) in [7, 11) is 0. The molecule has 1 amide bonds. The van der Waals surface area contributed by atoms with Gasteiger partial charge in [-0.1, -0.05) is 28.1 Å². The molecular weight excluding hydrogens is 282 g/mol. The zero-order valence-corrected chi connectivity index (χ0v) is 10.7. The first-order valence-electron chi connectivity index (χ1n) is 5.20. The standard InChI is InChI=1S/C12H12BrN3O/c13-8-12(17)15-11-4-2-10(3-5-11)9-16-7-1-6-14-16/h1-7H,8-9H2,(H,15,17). The zero-order chi connectivity index (χ0) is 12.1. The van der Waals surface area contributed by atoms with Crippen LogP contribution in [0.5, 0.6) is 0 Å². The van der Waals surface area contributed by atoms with Gasteiger partial charge in [-0.25, -0.2) is 0 Å². The van der Waals surface area contributed by atoms with E-state index in [1.807, 2.05) is 41.2 Å². The molecule has 0 fully saturated rings. The molecule has 88 valence electrons. The van der Waals surface area contributed by atoms with Crippen molar-refractivity contribution in [2.24, 2.45) is 0 Å². The second kappa shape index (κ2) is 5.63. The molecule has 0 aliphatic heterocycles. The minimum Gasteiger partial charge on any atom is -0.325 e. The summed E-state index contributed by atoms with van der Waals surface area (Å²) in [6.45, 7) is 0.736. The highest BCUT2D eigenvalue weighted by Crippen LogP contribution is 2.10. The summed E-state index contributed by atoms with van der Waals surface area (Å²) in [5, 5.41) is 7.21. The quantitative estimate of drug-likeness (QED) is 0.879. The molecule has 1 aromatic carbocycles. The van der Waals surface area contributed by atoms with Gasteiger partial charge in [0, 0.05) is 18.1 Å². The van der Waals surface area contributed by atoms with E-state index in [0.717, 1.165) is 17.8 Å². The summed E-state index contributed by atoms with van der Waals surface area (Å²) in [4.78, 5) is 11.2. The Morgan fingerprint density at radius 1 is 1.35 bits per heavy atom. The van der Waals surface area contributed by atoms with Crippen molar-refractivity contribution in [1.29, 1.82) is 0 Å². The Bertz CT molecular complexity index is 479. The maximum absolute atomic E-state index is 11.2.